The largest absolute Gasteiger partial charge is 0.0616 e. The summed E-state index contributed by atoms with van der Waals surface area (Å²) in [6.45, 7) is 4.89. The van der Waals surface area contributed by atoms with E-state index in [1.807, 2.05) is 0 Å². The smallest absolute Gasteiger partial charge is 0.0165 e. The zero-order valence-corrected chi connectivity index (χ0v) is 27.5. The summed E-state index contributed by atoms with van der Waals surface area (Å²) in [7, 11) is 0. The third-order valence-corrected chi connectivity index (χ3v) is 11.6. The molecule has 0 fully saturated rings. The van der Waals surface area contributed by atoms with Crippen molar-refractivity contribution in [2.45, 2.75) is 19.3 Å². The van der Waals surface area contributed by atoms with Crippen molar-refractivity contribution < 1.29 is 0 Å². The first-order valence-corrected chi connectivity index (χ1v) is 17.4. The van der Waals surface area contributed by atoms with Gasteiger partial charge in [-0.05, 0) is 121 Å². The molecule has 0 bridgehead atoms. The molecule has 0 heteroatoms. The van der Waals surface area contributed by atoms with Crippen molar-refractivity contribution in [2.75, 3.05) is 0 Å². The van der Waals surface area contributed by atoms with Crippen LogP contribution in [0.2, 0.25) is 0 Å². The number of fused-ring (bicyclic) bond motifs is 19. The van der Waals surface area contributed by atoms with E-state index in [9.17, 15) is 0 Å². The van der Waals surface area contributed by atoms with Gasteiger partial charge >= 0.3 is 0 Å². The van der Waals surface area contributed by atoms with Crippen LogP contribution in [-0.4, -0.2) is 0 Å². The Morgan fingerprint density at radius 3 is 1.29 bits per heavy atom. The molecule has 228 valence electrons. The molecule has 0 spiro atoms. The Labute approximate surface area is 284 Å². The molecule has 0 heterocycles. The molecule has 1 aliphatic rings. The quantitative estimate of drug-likeness (QED) is 0.160. The molecular weight excluding hydrogens is 589 g/mol. The lowest BCUT2D eigenvalue weighted by molar-refractivity contribution is 0.667. The zero-order chi connectivity index (χ0) is 32.4. The average molecular weight is 621 g/mol. The van der Waals surface area contributed by atoms with E-state index in [1.54, 1.807) is 0 Å². The first-order chi connectivity index (χ1) is 24.1. The number of benzene rings is 10. The second-order valence-corrected chi connectivity index (χ2v) is 14.4. The van der Waals surface area contributed by atoms with Crippen LogP contribution in [0.25, 0.3) is 97.7 Å². The second kappa shape index (κ2) is 9.56. The fraction of sp³-hybridized carbons (Fsp3) is 0.0612. The van der Waals surface area contributed by atoms with E-state index in [0.29, 0.717) is 0 Å². The molecule has 0 N–H and O–H groups in total. The summed E-state index contributed by atoms with van der Waals surface area (Å²) in [5.41, 5.74) is 7.93. The third kappa shape index (κ3) is 3.48. The van der Waals surface area contributed by atoms with E-state index in [-0.39, 0.29) is 5.41 Å². The SMILES string of the molecule is CC1(C)c2cc(-c3ccc4c5ccccc5c5ccccc5c4c3)ccc2-c2c1c1c3ccccc3c3ccccc3c1c1ccccc21. The normalized spacial score (nSPS) is 13.7. The van der Waals surface area contributed by atoms with Crippen molar-refractivity contribution in [1.29, 1.82) is 0 Å². The Balaban J connectivity index is 1.21. The van der Waals surface area contributed by atoms with Gasteiger partial charge in [-0.1, -0.05) is 159 Å². The van der Waals surface area contributed by atoms with E-state index >= 15 is 0 Å². The van der Waals surface area contributed by atoms with E-state index < -0.39 is 0 Å². The minimum absolute atomic E-state index is 0.200. The predicted molar refractivity (Wildman–Crippen MR) is 212 cm³/mol. The Kier molecular flexibility index (Phi) is 5.27. The lowest BCUT2D eigenvalue weighted by Crippen LogP contribution is -2.16. The highest BCUT2D eigenvalue weighted by Gasteiger charge is 2.39. The maximum Gasteiger partial charge on any atom is 0.0165 e. The van der Waals surface area contributed by atoms with Crippen LogP contribution in [-0.2, 0) is 5.41 Å². The van der Waals surface area contributed by atoms with E-state index in [1.165, 1.54) is 109 Å². The Morgan fingerprint density at radius 1 is 0.327 bits per heavy atom. The van der Waals surface area contributed by atoms with Crippen molar-refractivity contribution in [3.63, 3.8) is 0 Å². The molecule has 0 saturated heterocycles. The minimum Gasteiger partial charge on any atom is -0.0616 e. The molecule has 10 aromatic carbocycles. The molecule has 0 saturated carbocycles. The molecule has 1 aliphatic carbocycles. The second-order valence-electron chi connectivity index (χ2n) is 14.4. The Hall–Kier alpha value is -5.98. The molecule has 0 aromatic heterocycles. The molecule has 0 nitrogen and oxygen atoms in total. The van der Waals surface area contributed by atoms with Crippen molar-refractivity contribution in [1.82, 2.24) is 0 Å². The van der Waals surface area contributed by atoms with Gasteiger partial charge in [0.05, 0.1) is 0 Å². The standard InChI is InChI=1S/C49H32/c1-49(2)44-28-30(29-23-25-37-33-15-4-3-13-31(33)32-14-5-6-18-36(32)43(37)27-29)24-26-42(44)46-41-22-12-11-21-40(41)45-38-19-9-7-16-34(38)35-17-8-10-20-39(35)47(45)48(46)49/h3-28H,1-2H3. The van der Waals surface area contributed by atoms with Gasteiger partial charge in [-0.2, -0.15) is 0 Å². The van der Waals surface area contributed by atoms with Gasteiger partial charge in [0.1, 0.15) is 0 Å². The molecule has 11 rings (SSSR count). The van der Waals surface area contributed by atoms with E-state index in [4.69, 9.17) is 0 Å². The molecule has 49 heavy (non-hydrogen) atoms. The third-order valence-electron chi connectivity index (χ3n) is 11.6. The molecule has 0 unspecified atom stereocenters. The highest BCUT2D eigenvalue weighted by molar-refractivity contribution is 6.35. The summed E-state index contributed by atoms with van der Waals surface area (Å²) in [5.74, 6) is 0. The van der Waals surface area contributed by atoms with Gasteiger partial charge in [-0.3, -0.25) is 0 Å². The number of rotatable bonds is 1. The lowest BCUT2D eigenvalue weighted by Gasteiger charge is -2.26. The molecular formula is C49H32. The van der Waals surface area contributed by atoms with Gasteiger partial charge in [0.2, 0.25) is 0 Å². The predicted octanol–water partition coefficient (Wildman–Crippen LogP) is 13.7. The first-order valence-electron chi connectivity index (χ1n) is 17.4. The van der Waals surface area contributed by atoms with Gasteiger partial charge in [-0.25, -0.2) is 0 Å². The van der Waals surface area contributed by atoms with Crippen molar-refractivity contribution in [3.05, 3.63) is 169 Å². The van der Waals surface area contributed by atoms with Gasteiger partial charge in [0, 0.05) is 5.41 Å². The van der Waals surface area contributed by atoms with Crippen LogP contribution in [0.5, 0.6) is 0 Å². The number of hydrogen-bond donors (Lipinski definition) is 0. The molecule has 0 radical (unpaired) electrons. The lowest BCUT2D eigenvalue weighted by atomic mass is 9.77. The van der Waals surface area contributed by atoms with Crippen LogP contribution in [0.4, 0.5) is 0 Å². The minimum atomic E-state index is -0.200. The van der Waals surface area contributed by atoms with Crippen LogP contribution in [0.15, 0.2) is 158 Å². The van der Waals surface area contributed by atoms with Gasteiger partial charge < -0.3 is 0 Å². The van der Waals surface area contributed by atoms with Crippen LogP contribution in [0.1, 0.15) is 25.0 Å². The Bertz CT molecular complexity index is 3030. The van der Waals surface area contributed by atoms with Gasteiger partial charge in [-0.15, -0.1) is 0 Å². The van der Waals surface area contributed by atoms with Crippen LogP contribution < -0.4 is 0 Å². The maximum absolute atomic E-state index is 2.49. The average Bonchev–Trinajstić information content (AvgIpc) is 3.40. The topological polar surface area (TPSA) is 0 Å². The van der Waals surface area contributed by atoms with Crippen LogP contribution in [0, 0.1) is 0 Å². The zero-order valence-electron chi connectivity index (χ0n) is 27.5. The summed E-state index contributed by atoms with van der Waals surface area (Å²) in [4.78, 5) is 0. The molecule has 10 aromatic rings. The highest BCUT2D eigenvalue weighted by Crippen LogP contribution is 2.57. The summed E-state index contributed by atoms with van der Waals surface area (Å²) in [5, 5.41) is 18.6. The van der Waals surface area contributed by atoms with Gasteiger partial charge in [0.15, 0.2) is 0 Å². The van der Waals surface area contributed by atoms with E-state index in [0.717, 1.165) is 0 Å². The molecule has 0 atom stereocenters. The summed E-state index contributed by atoms with van der Waals surface area (Å²) >= 11 is 0. The van der Waals surface area contributed by atoms with E-state index in [2.05, 4.69) is 172 Å². The van der Waals surface area contributed by atoms with Gasteiger partial charge in [0.25, 0.3) is 0 Å². The molecule has 0 amide bonds. The first kappa shape index (κ1) is 27.0. The number of hydrogen-bond acceptors (Lipinski definition) is 0. The van der Waals surface area contributed by atoms with Crippen LogP contribution >= 0.6 is 0 Å². The molecule has 0 aliphatic heterocycles. The summed E-state index contributed by atoms with van der Waals surface area (Å²) in [6, 6.07) is 59.1. The van der Waals surface area contributed by atoms with Crippen molar-refractivity contribution in [3.8, 4) is 22.3 Å². The Morgan fingerprint density at radius 2 is 0.714 bits per heavy atom. The highest BCUT2D eigenvalue weighted by atomic mass is 14.4. The maximum atomic E-state index is 2.49. The fourth-order valence-corrected chi connectivity index (χ4v) is 9.45. The fourth-order valence-electron chi connectivity index (χ4n) is 9.45. The van der Waals surface area contributed by atoms with Crippen LogP contribution in [0.3, 0.4) is 0 Å². The summed E-state index contributed by atoms with van der Waals surface area (Å²) in [6.07, 6.45) is 0. The van der Waals surface area contributed by atoms with Crippen molar-refractivity contribution >= 4 is 75.4 Å². The summed E-state index contributed by atoms with van der Waals surface area (Å²) < 4.78 is 0. The monoisotopic (exact) mass is 620 g/mol. The van der Waals surface area contributed by atoms with Crippen molar-refractivity contribution in [2.24, 2.45) is 0 Å².